The Hall–Kier alpha value is -2.15. The van der Waals surface area contributed by atoms with Crippen molar-refractivity contribution < 1.29 is 23.1 Å². The Kier molecular flexibility index (Phi) is 4.13. The van der Waals surface area contributed by atoms with Gasteiger partial charge in [-0.3, -0.25) is 0 Å². The lowest BCUT2D eigenvalue weighted by Crippen LogP contribution is -2.49. The van der Waals surface area contributed by atoms with Crippen molar-refractivity contribution in [2.75, 3.05) is 7.11 Å². The van der Waals surface area contributed by atoms with Gasteiger partial charge in [-0.2, -0.15) is 8.78 Å². The molecule has 0 saturated carbocycles. The zero-order valence-corrected chi connectivity index (χ0v) is 11.6. The Labute approximate surface area is 123 Å². The maximum absolute atomic E-state index is 13.5. The number of esters is 1. The predicted octanol–water partition coefficient (Wildman–Crippen LogP) is 2.30. The average molecular weight is 317 g/mol. The summed E-state index contributed by atoms with van der Waals surface area (Å²) in [7, 11) is 1.05. The molecular weight excluding hydrogens is 306 g/mol. The van der Waals surface area contributed by atoms with Crippen molar-refractivity contribution in [2.24, 2.45) is 0 Å². The number of hydrogen-bond donors (Lipinski definition) is 2. The van der Waals surface area contributed by atoms with Crippen LogP contribution in [0.3, 0.4) is 0 Å². The number of carbonyl (C=O) groups excluding carboxylic acids is 2. The van der Waals surface area contributed by atoms with E-state index in [2.05, 4.69) is 10.1 Å². The highest BCUT2D eigenvalue weighted by molar-refractivity contribution is 6.24. The van der Waals surface area contributed by atoms with Crippen molar-refractivity contribution in [2.45, 2.75) is 11.4 Å². The zero-order valence-electron chi connectivity index (χ0n) is 10.8. The van der Waals surface area contributed by atoms with Crippen molar-refractivity contribution in [3.05, 3.63) is 47.2 Å². The number of nitrogens with one attached hydrogen (secondary N) is 2. The molecule has 8 heteroatoms. The van der Waals surface area contributed by atoms with E-state index in [4.69, 9.17) is 11.6 Å². The molecule has 0 aliphatic carbocycles. The van der Waals surface area contributed by atoms with E-state index in [1.165, 1.54) is 0 Å². The molecule has 1 aromatic rings. The number of allylic oxidation sites excluding steroid dienone is 1. The van der Waals surface area contributed by atoms with Crippen LogP contribution in [0.15, 0.2) is 41.6 Å². The third-order valence-corrected chi connectivity index (χ3v) is 3.08. The number of methoxy groups -OCH3 is 1. The van der Waals surface area contributed by atoms with Gasteiger partial charge >= 0.3 is 17.4 Å². The fourth-order valence-corrected chi connectivity index (χ4v) is 2.16. The number of rotatable bonds is 3. The second-order valence-electron chi connectivity index (χ2n) is 4.22. The number of hydrogen-bond acceptors (Lipinski definition) is 3. The van der Waals surface area contributed by atoms with E-state index in [-0.39, 0.29) is 0 Å². The standard InChI is InChI=1S/C13H11ClF2N2O3/c1-21-11(19)8-9(7-5-3-2-4-6-7)17-12(20)18-10(8)13(14,15)16/h2-6,9H,1H3,(H2,17,18,20)/t9-/m0/s1. The predicted molar refractivity (Wildman–Crippen MR) is 70.7 cm³/mol. The van der Waals surface area contributed by atoms with Crippen molar-refractivity contribution in [1.82, 2.24) is 10.6 Å². The van der Waals surface area contributed by atoms with Gasteiger partial charge in [0.2, 0.25) is 0 Å². The number of ether oxygens (including phenoxy) is 1. The van der Waals surface area contributed by atoms with Crippen molar-refractivity contribution in [3.63, 3.8) is 0 Å². The highest BCUT2D eigenvalue weighted by atomic mass is 35.5. The smallest absolute Gasteiger partial charge is 0.363 e. The fourth-order valence-electron chi connectivity index (χ4n) is 2.01. The molecule has 0 spiro atoms. The minimum absolute atomic E-state index is 0.441. The van der Waals surface area contributed by atoms with Gasteiger partial charge in [-0.15, -0.1) is 0 Å². The second kappa shape index (κ2) is 5.69. The lowest BCUT2D eigenvalue weighted by molar-refractivity contribution is -0.136. The van der Waals surface area contributed by atoms with Crippen LogP contribution in [-0.2, 0) is 9.53 Å². The number of alkyl halides is 3. The molecule has 112 valence electrons. The molecule has 0 aromatic heterocycles. The minimum Gasteiger partial charge on any atom is -0.466 e. The first-order chi connectivity index (χ1) is 9.84. The first-order valence-corrected chi connectivity index (χ1v) is 6.24. The summed E-state index contributed by atoms with van der Waals surface area (Å²) in [5.41, 5.74) is -0.969. The summed E-state index contributed by atoms with van der Waals surface area (Å²) in [5, 5.41) is 0.359. The Bertz CT molecular complexity index is 599. The van der Waals surface area contributed by atoms with Crippen molar-refractivity contribution in [3.8, 4) is 0 Å². The van der Waals surface area contributed by atoms with E-state index >= 15 is 0 Å². The number of carbonyl (C=O) groups is 2. The van der Waals surface area contributed by atoms with Crippen molar-refractivity contribution in [1.29, 1.82) is 0 Å². The number of amides is 2. The topological polar surface area (TPSA) is 67.4 Å². The molecule has 1 aromatic carbocycles. The maximum Gasteiger partial charge on any atom is 0.363 e. The summed E-state index contributed by atoms with van der Waals surface area (Å²) in [5.74, 6) is -1.01. The van der Waals surface area contributed by atoms with Crippen LogP contribution in [-0.4, -0.2) is 24.5 Å². The maximum atomic E-state index is 13.5. The molecule has 0 fully saturated rings. The SMILES string of the molecule is COC(=O)C1=C(C(F)(F)Cl)NC(=O)N[C@H]1c1ccccc1. The van der Waals surface area contributed by atoms with Crippen LogP contribution in [0, 0.1) is 0 Å². The highest BCUT2D eigenvalue weighted by Gasteiger charge is 2.44. The fraction of sp³-hybridized carbons (Fsp3) is 0.231. The second-order valence-corrected chi connectivity index (χ2v) is 4.69. The van der Waals surface area contributed by atoms with E-state index in [0.717, 1.165) is 7.11 Å². The van der Waals surface area contributed by atoms with Gasteiger partial charge in [0.25, 0.3) is 0 Å². The number of benzene rings is 1. The monoisotopic (exact) mass is 316 g/mol. The number of urea groups is 1. The molecule has 1 aliphatic rings. The third kappa shape index (κ3) is 3.13. The Balaban J connectivity index is 2.61. The summed E-state index contributed by atoms with van der Waals surface area (Å²) in [6.07, 6.45) is 0. The molecule has 0 bridgehead atoms. The van der Waals surface area contributed by atoms with E-state index < -0.39 is 34.7 Å². The highest BCUT2D eigenvalue weighted by Crippen LogP contribution is 2.36. The van der Waals surface area contributed by atoms with Gasteiger partial charge in [-0.05, 0) is 17.2 Å². The molecular formula is C13H11ClF2N2O3. The van der Waals surface area contributed by atoms with Crippen LogP contribution in [0.2, 0.25) is 0 Å². The van der Waals surface area contributed by atoms with E-state index in [1.807, 2.05) is 5.32 Å². The molecule has 0 radical (unpaired) electrons. The first-order valence-electron chi connectivity index (χ1n) is 5.86. The van der Waals surface area contributed by atoms with Crippen LogP contribution in [0.25, 0.3) is 0 Å². The van der Waals surface area contributed by atoms with E-state index in [1.54, 1.807) is 30.3 Å². The first kappa shape index (κ1) is 15.2. The zero-order chi connectivity index (χ0) is 15.6. The summed E-state index contributed by atoms with van der Waals surface area (Å²) in [6, 6.07) is 6.23. The summed E-state index contributed by atoms with van der Waals surface area (Å²) in [4.78, 5) is 23.4. The van der Waals surface area contributed by atoms with Gasteiger partial charge in [0, 0.05) is 0 Å². The molecule has 1 heterocycles. The molecule has 21 heavy (non-hydrogen) atoms. The van der Waals surface area contributed by atoms with Gasteiger partial charge in [-0.25, -0.2) is 9.59 Å². The molecule has 2 amide bonds. The van der Waals surface area contributed by atoms with Crippen molar-refractivity contribution >= 4 is 23.6 Å². The third-order valence-electron chi connectivity index (χ3n) is 2.89. The molecule has 5 nitrogen and oxygen atoms in total. The number of halogens is 3. The van der Waals surface area contributed by atoms with E-state index in [9.17, 15) is 18.4 Å². The quantitative estimate of drug-likeness (QED) is 0.664. The van der Waals surface area contributed by atoms with Crippen LogP contribution < -0.4 is 10.6 Å². The van der Waals surface area contributed by atoms with Crippen LogP contribution >= 0.6 is 11.6 Å². The van der Waals surface area contributed by atoms with Gasteiger partial charge in [-0.1, -0.05) is 30.3 Å². The van der Waals surface area contributed by atoms with Crippen LogP contribution in [0.4, 0.5) is 13.6 Å². The molecule has 1 atom stereocenters. The molecule has 0 saturated heterocycles. The normalized spacial score (nSPS) is 18.9. The van der Waals surface area contributed by atoms with Crippen LogP contribution in [0.1, 0.15) is 11.6 Å². The summed E-state index contributed by atoms with van der Waals surface area (Å²) < 4.78 is 31.5. The van der Waals surface area contributed by atoms with Crippen LogP contribution in [0.5, 0.6) is 0 Å². The Morgan fingerprint density at radius 2 is 1.95 bits per heavy atom. The Morgan fingerprint density at radius 3 is 2.48 bits per heavy atom. The van der Waals surface area contributed by atoms with Gasteiger partial charge < -0.3 is 15.4 Å². The van der Waals surface area contributed by atoms with Gasteiger partial charge in [0.1, 0.15) is 5.70 Å². The lowest BCUT2D eigenvalue weighted by Gasteiger charge is -2.30. The summed E-state index contributed by atoms with van der Waals surface area (Å²) >= 11 is 4.98. The van der Waals surface area contributed by atoms with Gasteiger partial charge in [0.15, 0.2) is 0 Å². The molecule has 2 rings (SSSR count). The van der Waals surface area contributed by atoms with Gasteiger partial charge in [0.05, 0.1) is 18.7 Å². The Morgan fingerprint density at radius 1 is 1.33 bits per heavy atom. The molecule has 2 N–H and O–H groups in total. The minimum atomic E-state index is -3.91. The molecule has 1 aliphatic heterocycles. The van der Waals surface area contributed by atoms with E-state index in [0.29, 0.717) is 5.56 Å². The summed E-state index contributed by atoms with van der Waals surface area (Å²) in [6.45, 7) is 0. The molecule has 0 unspecified atom stereocenters. The largest absolute Gasteiger partial charge is 0.466 e. The average Bonchev–Trinajstić information content (AvgIpc) is 2.45. The lowest BCUT2D eigenvalue weighted by atomic mass is 9.95.